The standard InChI is InChI=1S/C8H17NO.Ce/c1-5-8(4,10)7(3)9-6-2;/h10H,5-6H2,1-4H3;. The van der Waals surface area contributed by atoms with Crippen molar-refractivity contribution in [3.8, 4) is 0 Å². The van der Waals surface area contributed by atoms with Crippen LogP contribution in [0, 0.1) is 41.7 Å². The zero-order valence-corrected chi connectivity index (χ0v) is 10.9. The van der Waals surface area contributed by atoms with Crippen LogP contribution in [0.15, 0.2) is 4.99 Å². The van der Waals surface area contributed by atoms with Crippen LogP contribution in [0.5, 0.6) is 0 Å². The van der Waals surface area contributed by atoms with Gasteiger partial charge in [0, 0.05) is 54.0 Å². The van der Waals surface area contributed by atoms with Gasteiger partial charge in [-0.25, -0.2) is 0 Å². The Bertz CT molecular complexity index is 132. The molecule has 0 aromatic carbocycles. The first-order valence-corrected chi connectivity index (χ1v) is 3.78. The van der Waals surface area contributed by atoms with Gasteiger partial charge in [-0.3, -0.25) is 4.99 Å². The van der Waals surface area contributed by atoms with Crippen molar-refractivity contribution in [2.24, 2.45) is 4.99 Å². The fourth-order valence-corrected chi connectivity index (χ4v) is 0.663. The third-order valence-electron chi connectivity index (χ3n) is 1.86. The molecular formula is C8H17CeNO. The molecular weight excluding hydrogens is 266 g/mol. The molecule has 64 valence electrons. The Labute approximate surface area is 103 Å². The molecule has 0 bridgehead atoms. The zero-order valence-electron chi connectivity index (χ0n) is 7.81. The van der Waals surface area contributed by atoms with Gasteiger partial charge in [-0.1, -0.05) is 6.92 Å². The van der Waals surface area contributed by atoms with E-state index in [0.29, 0.717) is 0 Å². The summed E-state index contributed by atoms with van der Waals surface area (Å²) in [4.78, 5) is 4.13. The second-order valence-electron chi connectivity index (χ2n) is 2.69. The molecule has 0 aromatic rings. The maximum absolute atomic E-state index is 9.59. The van der Waals surface area contributed by atoms with Crippen LogP contribution < -0.4 is 0 Å². The maximum Gasteiger partial charge on any atom is 0.0988 e. The summed E-state index contributed by atoms with van der Waals surface area (Å²) in [6.45, 7) is 8.33. The van der Waals surface area contributed by atoms with Crippen LogP contribution in [-0.2, 0) is 0 Å². The van der Waals surface area contributed by atoms with Gasteiger partial charge in [-0.15, -0.1) is 0 Å². The van der Waals surface area contributed by atoms with Gasteiger partial charge < -0.3 is 5.11 Å². The van der Waals surface area contributed by atoms with Crippen molar-refractivity contribution in [2.75, 3.05) is 6.54 Å². The van der Waals surface area contributed by atoms with Gasteiger partial charge in [-0.05, 0) is 27.2 Å². The van der Waals surface area contributed by atoms with Gasteiger partial charge in [0.1, 0.15) is 0 Å². The summed E-state index contributed by atoms with van der Waals surface area (Å²) >= 11 is 0. The molecule has 0 aliphatic carbocycles. The molecule has 0 aliphatic heterocycles. The van der Waals surface area contributed by atoms with Crippen LogP contribution in [-0.4, -0.2) is 23.0 Å². The predicted molar refractivity (Wildman–Crippen MR) is 44.6 cm³/mol. The maximum atomic E-state index is 9.59. The Morgan fingerprint density at radius 3 is 2.18 bits per heavy atom. The van der Waals surface area contributed by atoms with Crippen molar-refractivity contribution in [1.29, 1.82) is 0 Å². The molecule has 1 atom stereocenters. The van der Waals surface area contributed by atoms with Crippen LogP contribution in [0.4, 0.5) is 0 Å². The number of hydrogen-bond acceptors (Lipinski definition) is 2. The molecule has 0 saturated heterocycles. The minimum Gasteiger partial charge on any atom is -0.384 e. The Hall–Kier alpha value is 1.01. The smallest absolute Gasteiger partial charge is 0.0988 e. The second kappa shape index (κ2) is 6.51. The van der Waals surface area contributed by atoms with Crippen LogP contribution in [0.2, 0.25) is 0 Å². The SMILES string of the molecule is CCN=C(C)C(C)(O)CC.[Ce]. The fourth-order valence-electron chi connectivity index (χ4n) is 0.663. The fraction of sp³-hybridized carbons (Fsp3) is 0.875. The van der Waals surface area contributed by atoms with Crippen molar-refractivity contribution in [1.82, 2.24) is 0 Å². The normalized spacial score (nSPS) is 17.0. The Morgan fingerprint density at radius 1 is 1.45 bits per heavy atom. The molecule has 2 nitrogen and oxygen atoms in total. The molecule has 0 fully saturated rings. The third-order valence-corrected chi connectivity index (χ3v) is 1.86. The van der Waals surface area contributed by atoms with Gasteiger partial charge in [0.15, 0.2) is 0 Å². The number of aliphatic imine (C=N–C) groups is 1. The molecule has 0 aromatic heterocycles. The van der Waals surface area contributed by atoms with Crippen molar-refractivity contribution < 1.29 is 46.9 Å². The molecule has 1 unspecified atom stereocenters. The second-order valence-corrected chi connectivity index (χ2v) is 2.69. The van der Waals surface area contributed by atoms with E-state index in [1.165, 1.54) is 0 Å². The molecule has 11 heavy (non-hydrogen) atoms. The quantitative estimate of drug-likeness (QED) is 0.785. The average molecular weight is 283 g/mol. The number of rotatable bonds is 3. The largest absolute Gasteiger partial charge is 0.384 e. The van der Waals surface area contributed by atoms with Crippen molar-refractivity contribution in [2.45, 2.75) is 39.7 Å². The van der Waals surface area contributed by atoms with E-state index in [1.54, 1.807) is 6.92 Å². The van der Waals surface area contributed by atoms with Crippen molar-refractivity contribution >= 4 is 5.71 Å². The van der Waals surface area contributed by atoms with E-state index in [1.807, 2.05) is 20.8 Å². The number of aliphatic hydroxyl groups is 1. The van der Waals surface area contributed by atoms with E-state index >= 15 is 0 Å². The summed E-state index contributed by atoms with van der Waals surface area (Å²) in [6.07, 6.45) is 0.725. The van der Waals surface area contributed by atoms with Crippen molar-refractivity contribution in [3.05, 3.63) is 0 Å². The molecule has 0 radical (unpaired) electrons. The topological polar surface area (TPSA) is 32.6 Å². The monoisotopic (exact) mass is 283 g/mol. The summed E-state index contributed by atoms with van der Waals surface area (Å²) in [6, 6.07) is 0. The zero-order chi connectivity index (χ0) is 8.20. The average Bonchev–Trinajstić information content (AvgIpc) is 1.89. The van der Waals surface area contributed by atoms with E-state index in [-0.39, 0.29) is 41.7 Å². The summed E-state index contributed by atoms with van der Waals surface area (Å²) in [5, 5.41) is 9.59. The molecule has 1 N–H and O–H groups in total. The first-order valence-electron chi connectivity index (χ1n) is 3.78. The van der Waals surface area contributed by atoms with Gasteiger partial charge in [0.2, 0.25) is 0 Å². The van der Waals surface area contributed by atoms with Crippen LogP contribution >= 0.6 is 0 Å². The Balaban J connectivity index is 0. The summed E-state index contributed by atoms with van der Waals surface area (Å²) in [5.74, 6) is 0. The minimum atomic E-state index is -0.698. The molecule has 0 aliphatic rings. The number of hydrogen-bond donors (Lipinski definition) is 1. The summed E-state index contributed by atoms with van der Waals surface area (Å²) < 4.78 is 0. The Kier molecular flexibility index (Phi) is 8.60. The predicted octanol–water partition coefficient (Wildman–Crippen LogP) is 1.63. The Morgan fingerprint density at radius 2 is 1.91 bits per heavy atom. The van der Waals surface area contributed by atoms with Crippen molar-refractivity contribution in [3.63, 3.8) is 0 Å². The summed E-state index contributed by atoms with van der Waals surface area (Å²) in [7, 11) is 0. The molecule has 0 saturated carbocycles. The van der Waals surface area contributed by atoms with Crippen LogP contribution in [0.1, 0.15) is 34.1 Å². The van der Waals surface area contributed by atoms with E-state index in [0.717, 1.165) is 18.7 Å². The van der Waals surface area contributed by atoms with Gasteiger partial charge >= 0.3 is 0 Å². The number of nitrogens with zero attached hydrogens (tertiary/aromatic N) is 1. The first kappa shape index (κ1) is 14.5. The van der Waals surface area contributed by atoms with Crippen LogP contribution in [0.25, 0.3) is 0 Å². The van der Waals surface area contributed by atoms with Crippen LogP contribution in [0.3, 0.4) is 0 Å². The van der Waals surface area contributed by atoms with E-state index in [2.05, 4.69) is 4.99 Å². The van der Waals surface area contributed by atoms with Gasteiger partial charge in [-0.2, -0.15) is 0 Å². The molecule has 0 rings (SSSR count). The minimum absolute atomic E-state index is 0. The van der Waals surface area contributed by atoms with Gasteiger partial charge in [0.05, 0.1) is 5.60 Å². The molecule has 0 heterocycles. The van der Waals surface area contributed by atoms with E-state index in [9.17, 15) is 5.11 Å². The molecule has 3 heteroatoms. The van der Waals surface area contributed by atoms with E-state index < -0.39 is 5.60 Å². The summed E-state index contributed by atoms with van der Waals surface area (Å²) in [5.41, 5.74) is 0.133. The van der Waals surface area contributed by atoms with E-state index in [4.69, 9.17) is 0 Å². The molecule has 0 spiro atoms. The third kappa shape index (κ3) is 5.28. The first-order chi connectivity index (χ1) is 4.54. The van der Waals surface area contributed by atoms with Gasteiger partial charge in [0.25, 0.3) is 0 Å². The molecule has 0 amide bonds.